The number of hydrogen-bond acceptors (Lipinski definition) is 7. The molecule has 0 saturated carbocycles. The van der Waals surface area contributed by atoms with Crippen LogP contribution in [0.15, 0.2) is 102 Å². The minimum absolute atomic E-state index is 0.124. The van der Waals surface area contributed by atoms with E-state index in [1.54, 1.807) is 47.4 Å². The summed E-state index contributed by atoms with van der Waals surface area (Å²) in [5.41, 5.74) is 4.74. The molecule has 210 valence electrons. The summed E-state index contributed by atoms with van der Waals surface area (Å²) in [5, 5.41) is 15.9. The number of nitrogens with one attached hydrogen (secondary N) is 2. The molecular weight excluding hydrogens is 534 g/mol. The van der Waals surface area contributed by atoms with E-state index in [9.17, 15) is 19.5 Å². The lowest BCUT2D eigenvalue weighted by molar-refractivity contribution is -0.141. The molecule has 2 unspecified atom stereocenters. The van der Waals surface area contributed by atoms with Crippen molar-refractivity contribution in [2.75, 3.05) is 23.7 Å². The molecule has 0 bridgehead atoms. The number of carboxylic acids is 1. The molecule has 3 heterocycles. The number of carbonyl (C=O) groups excluding carboxylic acids is 2. The number of carbonyl (C=O) groups is 3. The van der Waals surface area contributed by atoms with Gasteiger partial charge in [-0.05, 0) is 59.7 Å². The van der Waals surface area contributed by atoms with Crippen LogP contribution in [0.3, 0.4) is 0 Å². The van der Waals surface area contributed by atoms with E-state index in [0.717, 1.165) is 16.8 Å². The number of aliphatic carboxylic acids is 1. The van der Waals surface area contributed by atoms with Gasteiger partial charge in [0.2, 0.25) is 5.91 Å². The minimum atomic E-state index is -0.950. The molecule has 3 N–H and O–H groups in total. The van der Waals surface area contributed by atoms with E-state index in [2.05, 4.69) is 20.6 Å². The number of anilines is 3. The number of benzene rings is 3. The van der Waals surface area contributed by atoms with Crippen molar-refractivity contribution in [3.05, 3.63) is 114 Å². The number of hydrogen-bond donors (Lipinski definition) is 3. The van der Waals surface area contributed by atoms with Crippen LogP contribution < -0.4 is 10.6 Å². The zero-order valence-electron chi connectivity index (χ0n) is 22.4. The van der Waals surface area contributed by atoms with E-state index < -0.39 is 11.9 Å². The number of aromatic nitrogens is 2. The molecule has 1 aliphatic heterocycles. The fraction of sp³-hybridized carbons (Fsp3) is 0.156. The van der Waals surface area contributed by atoms with E-state index in [-0.39, 0.29) is 37.2 Å². The molecule has 1 aliphatic rings. The predicted molar refractivity (Wildman–Crippen MR) is 157 cm³/mol. The second kappa shape index (κ2) is 11.5. The predicted octanol–water partition coefficient (Wildman–Crippen LogP) is 5.09. The highest BCUT2D eigenvalue weighted by Gasteiger charge is 2.40. The second-order valence-corrected chi connectivity index (χ2v) is 10.2. The second-order valence-electron chi connectivity index (χ2n) is 10.2. The van der Waals surface area contributed by atoms with Crippen LogP contribution in [0, 0.1) is 5.92 Å². The lowest BCUT2D eigenvalue weighted by Crippen LogP contribution is -2.29. The van der Waals surface area contributed by atoms with Gasteiger partial charge in [-0.3, -0.25) is 19.4 Å². The Morgan fingerprint density at radius 2 is 1.67 bits per heavy atom. The lowest BCUT2D eigenvalue weighted by Gasteiger charge is -2.17. The molecule has 2 atom stereocenters. The van der Waals surface area contributed by atoms with Crippen LogP contribution in [0.2, 0.25) is 0 Å². The summed E-state index contributed by atoms with van der Waals surface area (Å²) in [6.45, 7) is 0.412. The highest BCUT2D eigenvalue weighted by atomic mass is 16.4. The monoisotopic (exact) mass is 561 g/mol. The van der Waals surface area contributed by atoms with Crippen molar-refractivity contribution in [2.45, 2.75) is 12.3 Å². The first-order valence-electron chi connectivity index (χ1n) is 13.5. The van der Waals surface area contributed by atoms with Crippen LogP contribution in [0.25, 0.3) is 11.1 Å². The van der Waals surface area contributed by atoms with Crippen LogP contribution in [0.4, 0.5) is 17.4 Å². The third kappa shape index (κ3) is 5.83. The molecule has 2 amide bonds. The average molecular weight is 562 g/mol. The topological polar surface area (TPSA) is 138 Å². The van der Waals surface area contributed by atoms with E-state index in [1.165, 1.54) is 12.4 Å². The van der Waals surface area contributed by atoms with E-state index >= 15 is 0 Å². The summed E-state index contributed by atoms with van der Waals surface area (Å²) in [6.07, 6.45) is 3.21. The molecule has 0 radical (unpaired) electrons. The molecule has 1 fully saturated rings. The van der Waals surface area contributed by atoms with Crippen molar-refractivity contribution in [1.82, 2.24) is 14.9 Å². The largest absolute Gasteiger partial charge is 0.481 e. The molecule has 0 spiro atoms. The van der Waals surface area contributed by atoms with Crippen LogP contribution in [-0.2, 0) is 16.0 Å². The van der Waals surface area contributed by atoms with Gasteiger partial charge in [-0.2, -0.15) is 4.98 Å². The van der Waals surface area contributed by atoms with Crippen molar-refractivity contribution in [3.8, 4) is 0 Å². The van der Waals surface area contributed by atoms with Gasteiger partial charge >= 0.3 is 5.97 Å². The third-order valence-corrected chi connectivity index (χ3v) is 7.32. The molecule has 0 aliphatic carbocycles. The molecule has 2 aromatic heterocycles. The van der Waals surface area contributed by atoms with E-state index in [4.69, 9.17) is 4.42 Å². The number of pyridine rings is 1. The maximum Gasteiger partial charge on any atom is 0.308 e. The number of rotatable bonds is 8. The Hall–Kier alpha value is -5.51. The summed E-state index contributed by atoms with van der Waals surface area (Å²) in [5.74, 6) is -2.47. The Labute approximate surface area is 241 Å². The molecule has 1 saturated heterocycles. The van der Waals surface area contributed by atoms with Gasteiger partial charge in [0, 0.05) is 48.3 Å². The fourth-order valence-corrected chi connectivity index (χ4v) is 5.22. The van der Waals surface area contributed by atoms with Gasteiger partial charge in [-0.25, -0.2) is 0 Å². The zero-order valence-corrected chi connectivity index (χ0v) is 22.4. The SMILES string of the molecule is O=C(Cc1ccc2nc(Nc3ccccc3)oc2c1)Nc1ccc(C2CN(C(=O)c3ccncc3)CC2C(=O)O)cc1. The summed E-state index contributed by atoms with van der Waals surface area (Å²) >= 11 is 0. The number of amides is 2. The number of carboxylic acid groups (broad SMARTS) is 1. The molecular formula is C32H27N5O5. The molecule has 6 rings (SSSR count). The standard InChI is InChI=1S/C32H27N5O5/c38-29(17-20-6-11-27-28(16-20)42-32(36-27)35-23-4-2-1-3-5-23)34-24-9-7-21(8-10-24)25-18-37(19-26(25)31(40)41)30(39)22-12-14-33-15-13-22/h1-16,25-26H,17-19H2,(H,34,38)(H,35,36)(H,40,41). The van der Waals surface area contributed by atoms with Crippen molar-refractivity contribution >= 4 is 46.3 Å². The highest BCUT2D eigenvalue weighted by Crippen LogP contribution is 2.34. The number of fused-ring (bicyclic) bond motifs is 1. The van der Waals surface area contributed by atoms with Crippen LogP contribution in [0.5, 0.6) is 0 Å². The lowest BCUT2D eigenvalue weighted by atomic mass is 9.89. The quantitative estimate of drug-likeness (QED) is 0.238. The van der Waals surface area contributed by atoms with Gasteiger partial charge in [-0.1, -0.05) is 36.4 Å². The number of nitrogens with zero attached hydrogens (tertiary/aromatic N) is 3. The molecule has 3 aromatic carbocycles. The number of likely N-dealkylation sites (tertiary alicyclic amines) is 1. The molecule has 5 aromatic rings. The van der Waals surface area contributed by atoms with Crippen molar-refractivity contribution in [1.29, 1.82) is 0 Å². The van der Waals surface area contributed by atoms with Gasteiger partial charge < -0.3 is 25.1 Å². The third-order valence-electron chi connectivity index (χ3n) is 7.32. The minimum Gasteiger partial charge on any atom is -0.481 e. The first-order valence-corrected chi connectivity index (χ1v) is 13.5. The molecule has 42 heavy (non-hydrogen) atoms. The van der Waals surface area contributed by atoms with E-state index in [1.807, 2.05) is 42.5 Å². The Morgan fingerprint density at radius 3 is 2.40 bits per heavy atom. The fourth-order valence-electron chi connectivity index (χ4n) is 5.22. The maximum atomic E-state index is 12.9. The Morgan fingerprint density at radius 1 is 0.905 bits per heavy atom. The van der Waals surface area contributed by atoms with Crippen molar-refractivity contribution in [2.24, 2.45) is 5.92 Å². The Balaban J connectivity index is 1.09. The van der Waals surface area contributed by atoms with E-state index in [0.29, 0.717) is 28.4 Å². The van der Waals surface area contributed by atoms with Crippen molar-refractivity contribution < 1.29 is 23.9 Å². The summed E-state index contributed by atoms with van der Waals surface area (Å²) in [7, 11) is 0. The van der Waals surface area contributed by atoms with Gasteiger partial charge in [-0.15, -0.1) is 0 Å². The summed E-state index contributed by atoms with van der Waals surface area (Å²) in [6, 6.07) is 25.7. The Bertz CT molecular complexity index is 1740. The first kappa shape index (κ1) is 26.7. The van der Waals surface area contributed by atoms with Crippen LogP contribution in [0.1, 0.15) is 27.4 Å². The van der Waals surface area contributed by atoms with Crippen molar-refractivity contribution in [3.63, 3.8) is 0 Å². The Kier molecular flexibility index (Phi) is 7.33. The maximum absolute atomic E-state index is 12.9. The smallest absolute Gasteiger partial charge is 0.308 e. The normalized spacial score (nSPS) is 16.3. The molecule has 10 heteroatoms. The van der Waals surface area contributed by atoms with Gasteiger partial charge in [0.15, 0.2) is 5.58 Å². The van der Waals surface area contributed by atoms with Gasteiger partial charge in [0.1, 0.15) is 5.52 Å². The van der Waals surface area contributed by atoms with Crippen LogP contribution >= 0.6 is 0 Å². The number of para-hydroxylation sites is 1. The van der Waals surface area contributed by atoms with Gasteiger partial charge in [0.05, 0.1) is 12.3 Å². The van der Waals surface area contributed by atoms with Gasteiger partial charge in [0.25, 0.3) is 11.9 Å². The van der Waals surface area contributed by atoms with Crippen LogP contribution in [-0.4, -0.2) is 50.8 Å². The highest BCUT2D eigenvalue weighted by molar-refractivity contribution is 5.95. The first-order chi connectivity index (χ1) is 20.4. The summed E-state index contributed by atoms with van der Waals surface area (Å²) in [4.78, 5) is 47.7. The summed E-state index contributed by atoms with van der Waals surface area (Å²) < 4.78 is 5.82. The zero-order chi connectivity index (χ0) is 29.1. The number of oxazole rings is 1. The molecule has 10 nitrogen and oxygen atoms in total. The average Bonchev–Trinajstić information content (AvgIpc) is 3.62.